The molecule has 0 saturated heterocycles. The highest BCUT2D eigenvalue weighted by Gasteiger charge is 2.20. The molecule has 1 atom stereocenters. The van der Waals surface area contributed by atoms with Crippen LogP contribution in [0.1, 0.15) is 20.3 Å². The largest absolute Gasteiger partial charge is 0.497 e. The molecular formula is C13H19NO5S. The molecule has 0 aromatic heterocycles. The second-order valence-electron chi connectivity index (χ2n) is 4.21. The van der Waals surface area contributed by atoms with Gasteiger partial charge in [-0.2, -0.15) is 0 Å². The summed E-state index contributed by atoms with van der Waals surface area (Å²) in [5.41, 5.74) is 0. The number of methoxy groups -OCH3 is 1. The lowest BCUT2D eigenvalue weighted by Crippen LogP contribution is -2.34. The normalized spacial score (nSPS) is 12.8. The van der Waals surface area contributed by atoms with Crippen LogP contribution in [-0.4, -0.2) is 34.1 Å². The van der Waals surface area contributed by atoms with E-state index in [-0.39, 0.29) is 17.9 Å². The van der Waals surface area contributed by atoms with E-state index in [9.17, 15) is 13.2 Å². The number of carbonyl (C=O) groups excluding carboxylic acids is 1. The Morgan fingerprint density at radius 3 is 2.70 bits per heavy atom. The molecule has 6 nitrogen and oxygen atoms in total. The minimum absolute atomic E-state index is 0.0168. The minimum atomic E-state index is -3.69. The molecule has 0 aliphatic carbocycles. The molecule has 1 unspecified atom stereocenters. The van der Waals surface area contributed by atoms with Crippen molar-refractivity contribution in [3.63, 3.8) is 0 Å². The molecule has 0 bridgehead atoms. The van der Waals surface area contributed by atoms with Gasteiger partial charge in [0.15, 0.2) is 0 Å². The molecule has 0 radical (unpaired) electrons. The van der Waals surface area contributed by atoms with E-state index in [4.69, 9.17) is 9.47 Å². The van der Waals surface area contributed by atoms with E-state index in [1.54, 1.807) is 26.0 Å². The van der Waals surface area contributed by atoms with E-state index in [1.807, 2.05) is 0 Å². The summed E-state index contributed by atoms with van der Waals surface area (Å²) < 4.78 is 36.5. The predicted octanol–water partition coefficient (Wildman–Crippen LogP) is 1.32. The van der Waals surface area contributed by atoms with E-state index in [1.165, 1.54) is 19.2 Å². The first-order chi connectivity index (χ1) is 9.39. The molecule has 0 fully saturated rings. The van der Waals surface area contributed by atoms with Crippen molar-refractivity contribution in [1.82, 2.24) is 4.72 Å². The van der Waals surface area contributed by atoms with Crippen LogP contribution >= 0.6 is 0 Å². The van der Waals surface area contributed by atoms with E-state index in [2.05, 4.69) is 4.72 Å². The Morgan fingerprint density at radius 2 is 2.10 bits per heavy atom. The van der Waals surface area contributed by atoms with Crippen molar-refractivity contribution in [1.29, 1.82) is 0 Å². The second kappa shape index (κ2) is 7.25. The molecule has 20 heavy (non-hydrogen) atoms. The standard InChI is InChI=1S/C13H19NO5S/c1-4-19-13(15)8-10(2)14-20(16,17)12-7-5-6-11(9-12)18-3/h5-7,9-10,14H,4,8H2,1-3H3. The van der Waals surface area contributed by atoms with Gasteiger partial charge in [-0.25, -0.2) is 13.1 Å². The first-order valence-electron chi connectivity index (χ1n) is 6.21. The molecule has 112 valence electrons. The highest BCUT2D eigenvalue weighted by atomic mass is 32.2. The predicted molar refractivity (Wildman–Crippen MR) is 74.0 cm³/mol. The average molecular weight is 301 g/mol. The van der Waals surface area contributed by atoms with Gasteiger partial charge in [-0.1, -0.05) is 6.07 Å². The van der Waals surface area contributed by atoms with Crippen LogP contribution in [0.25, 0.3) is 0 Å². The van der Waals surface area contributed by atoms with Gasteiger partial charge in [-0.05, 0) is 26.0 Å². The number of rotatable bonds is 7. The van der Waals surface area contributed by atoms with Gasteiger partial charge in [0.25, 0.3) is 0 Å². The molecular weight excluding hydrogens is 282 g/mol. The summed E-state index contributed by atoms with van der Waals surface area (Å²) in [4.78, 5) is 11.4. The molecule has 1 rings (SSSR count). The van der Waals surface area contributed by atoms with Crippen LogP contribution in [0.15, 0.2) is 29.2 Å². The summed E-state index contributed by atoms with van der Waals surface area (Å²) in [6.45, 7) is 3.58. The van der Waals surface area contributed by atoms with Crippen LogP contribution in [0.5, 0.6) is 5.75 Å². The molecule has 0 amide bonds. The number of hydrogen-bond donors (Lipinski definition) is 1. The van der Waals surface area contributed by atoms with E-state index >= 15 is 0 Å². The first kappa shape index (κ1) is 16.5. The molecule has 1 aromatic carbocycles. The maximum absolute atomic E-state index is 12.1. The number of benzene rings is 1. The van der Waals surface area contributed by atoms with Gasteiger partial charge < -0.3 is 9.47 Å². The van der Waals surface area contributed by atoms with Crippen LogP contribution in [0.4, 0.5) is 0 Å². The van der Waals surface area contributed by atoms with Crippen molar-refractivity contribution in [3.05, 3.63) is 24.3 Å². The summed E-state index contributed by atoms with van der Waals surface area (Å²) in [5, 5.41) is 0. The lowest BCUT2D eigenvalue weighted by atomic mass is 10.3. The third kappa shape index (κ3) is 4.82. The summed E-state index contributed by atoms with van der Waals surface area (Å²) in [6, 6.07) is 5.57. The van der Waals surface area contributed by atoms with Crippen LogP contribution in [0.3, 0.4) is 0 Å². The number of ether oxygens (including phenoxy) is 2. The van der Waals surface area contributed by atoms with Crippen molar-refractivity contribution in [2.75, 3.05) is 13.7 Å². The van der Waals surface area contributed by atoms with Gasteiger partial charge in [-0.15, -0.1) is 0 Å². The Morgan fingerprint density at radius 1 is 1.40 bits per heavy atom. The molecule has 0 spiro atoms. The van der Waals surface area contributed by atoms with Crippen molar-refractivity contribution in [3.8, 4) is 5.75 Å². The molecule has 0 saturated carbocycles. The van der Waals surface area contributed by atoms with Gasteiger partial charge in [0.05, 0.1) is 25.0 Å². The van der Waals surface area contributed by atoms with Gasteiger partial charge in [-0.3, -0.25) is 4.79 Å². The van der Waals surface area contributed by atoms with Gasteiger partial charge in [0.1, 0.15) is 5.75 Å². The smallest absolute Gasteiger partial charge is 0.307 e. The number of carbonyl (C=O) groups is 1. The zero-order valence-electron chi connectivity index (χ0n) is 11.8. The summed E-state index contributed by atoms with van der Waals surface area (Å²) in [5.74, 6) is 0.0132. The molecule has 0 heterocycles. The van der Waals surface area contributed by atoms with Crippen LogP contribution in [0.2, 0.25) is 0 Å². The van der Waals surface area contributed by atoms with Crippen molar-refractivity contribution >= 4 is 16.0 Å². The summed E-state index contributed by atoms with van der Waals surface area (Å²) >= 11 is 0. The summed E-state index contributed by atoms with van der Waals surface area (Å²) in [7, 11) is -2.23. The third-order valence-corrected chi connectivity index (χ3v) is 4.07. The Bertz CT molecular complexity index is 556. The highest BCUT2D eigenvalue weighted by molar-refractivity contribution is 7.89. The monoisotopic (exact) mass is 301 g/mol. The molecule has 1 N–H and O–H groups in total. The summed E-state index contributed by atoms with van der Waals surface area (Å²) in [6.07, 6.45) is -0.0168. The van der Waals surface area contributed by atoms with Crippen molar-refractivity contribution in [2.24, 2.45) is 0 Å². The van der Waals surface area contributed by atoms with E-state index in [0.717, 1.165) is 0 Å². The van der Waals surface area contributed by atoms with E-state index in [0.29, 0.717) is 5.75 Å². The SMILES string of the molecule is CCOC(=O)CC(C)NS(=O)(=O)c1cccc(OC)c1. The van der Waals surface area contributed by atoms with Gasteiger partial charge in [0.2, 0.25) is 10.0 Å². The molecule has 7 heteroatoms. The number of esters is 1. The topological polar surface area (TPSA) is 81.7 Å². The fourth-order valence-electron chi connectivity index (χ4n) is 1.61. The van der Waals surface area contributed by atoms with Crippen molar-refractivity contribution in [2.45, 2.75) is 31.2 Å². The maximum atomic E-state index is 12.1. The Balaban J connectivity index is 2.76. The fourth-order valence-corrected chi connectivity index (χ4v) is 2.89. The maximum Gasteiger partial charge on any atom is 0.307 e. The Kier molecular flexibility index (Phi) is 5.97. The van der Waals surface area contributed by atoms with Crippen molar-refractivity contribution < 1.29 is 22.7 Å². The zero-order valence-corrected chi connectivity index (χ0v) is 12.6. The lowest BCUT2D eigenvalue weighted by Gasteiger charge is -2.14. The highest BCUT2D eigenvalue weighted by Crippen LogP contribution is 2.17. The van der Waals surface area contributed by atoms with Crippen LogP contribution < -0.4 is 9.46 Å². The number of nitrogens with one attached hydrogen (secondary N) is 1. The quantitative estimate of drug-likeness (QED) is 0.768. The number of hydrogen-bond acceptors (Lipinski definition) is 5. The van der Waals surface area contributed by atoms with Gasteiger partial charge in [0, 0.05) is 12.1 Å². The average Bonchev–Trinajstić information content (AvgIpc) is 2.38. The van der Waals surface area contributed by atoms with Crippen LogP contribution in [-0.2, 0) is 19.6 Å². The molecule has 0 aliphatic rings. The van der Waals surface area contributed by atoms with Gasteiger partial charge >= 0.3 is 5.97 Å². The molecule has 1 aromatic rings. The third-order valence-electron chi connectivity index (χ3n) is 2.49. The molecule has 0 aliphatic heterocycles. The Hall–Kier alpha value is -1.60. The Labute approximate surface area is 119 Å². The number of sulfonamides is 1. The van der Waals surface area contributed by atoms with E-state index < -0.39 is 22.0 Å². The van der Waals surface area contributed by atoms with Crippen LogP contribution in [0, 0.1) is 0 Å². The lowest BCUT2D eigenvalue weighted by molar-refractivity contribution is -0.143. The second-order valence-corrected chi connectivity index (χ2v) is 5.92. The zero-order chi connectivity index (χ0) is 15.2. The fraction of sp³-hybridized carbons (Fsp3) is 0.462. The first-order valence-corrected chi connectivity index (χ1v) is 7.69. The minimum Gasteiger partial charge on any atom is -0.497 e.